The van der Waals surface area contributed by atoms with Gasteiger partial charge in [0.2, 0.25) is 0 Å². The van der Waals surface area contributed by atoms with Gasteiger partial charge in [0, 0.05) is 25.6 Å². The minimum atomic E-state index is -0.0351. The lowest BCUT2D eigenvalue weighted by Crippen LogP contribution is -2.38. The van der Waals surface area contributed by atoms with Gasteiger partial charge in [-0.05, 0) is 53.2 Å². The fourth-order valence-corrected chi connectivity index (χ4v) is 4.29. The molecule has 2 aliphatic rings. The highest BCUT2D eigenvalue weighted by atomic mass is 79.9. The van der Waals surface area contributed by atoms with Gasteiger partial charge in [0.05, 0.1) is 0 Å². The van der Waals surface area contributed by atoms with Gasteiger partial charge in [0.1, 0.15) is 12.2 Å². The summed E-state index contributed by atoms with van der Waals surface area (Å²) in [7, 11) is 0. The molecule has 0 aromatic carbocycles. The van der Waals surface area contributed by atoms with Crippen molar-refractivity contribution in [2.75, 3.05) is 13.1 Å². The zero-order valence-corrected chi connectivity index (χ0v) is 14.6. The van der Waals surface area contributed by atoms with Crippen molar-refractivity contribution in [3.63, 3.8) is 0 Å². The Morgan fingerprint density at radius 3 is 2.91 bits per heavy atom. The first-order valence-electron chi connectivity index (χ1n) is 8.05. The summed E-state index contributed by atoms with van der Waals surface area (Å²) >= 11 is 3.26. The summed E-state index contributed by atoms with van der Waals surface area (Å²) in [6.45, 7) is 4.42. The molecule has 0 bridgehead atoms. The fraction of sp³-hybridized carbons (Fsp3) is 0.562. The van der Waals surface area contributed by atoms with E-state index < -0.39 is 0 Å². The SMILES string of the molecule is CCn1cnnc1C1CN(C(=O)c2ccc(Br)o2)CC12CCC2. The summed E-state index contributed by atoms with van der Waals surface area (Å²) in [6.07, 6.45) is 5.32. The van der Waals surface area contributed by atoms with Gasteiger partial charge in [-0.3, -0.25) is 4.79 Å². The van der Waals surface area contributed by atoms with E-state index in [1.54, 1.807) is 18.5 Å². The lowest BCUT2D eigenvalue weighted by molar-refractivity contribution is 0.0692. The Labute approximate surface area is 143 Å². The maximum absolute atomic E-state index is 12.7. The van der Waals surface area contributed by atoms with Crippen LogP contribution >= 0.6 is 15.9 Å². The van der Waals surface area contributed by atoms with Crippen LogP contribution in [0.3, 0.4) is 0 Å². The van der Waals surface area contributed by atoms with Crippen LogP contribution in [-0.2, 0) is 6.54 Å². The Balaban J connectivity index is 1.62. The van der Waals surface area contributed by atoms with Crippen molar-refractivity contribution in [2.45, 2.75) is 38.6 Å². The summed E-state index contributed by atoms with van der Waals surface area (Å²) in [5, 5.41) is 8.44. The largest absolute Gasteiger partial charge is 0.444 e. The minimum absolute atomic E-state index is 0.0351. The van der Waals surface area contributed by atoms with Gasteiger partial charge in [0.15, 0.2) is 10.4 Å². The maximum Gasteiger partial charge on any atom is 0.289 e. The molecule has 122 valence electrons. The first kappa shape index (κ1) is 14.9. The predicted molar refractivity (Wildman–Crippen MR) is 87.0 cm³/mol. The summed E-state index contributed by atoms with van der Waals surface area (Å²) in [6, 6.07) is 3.48. The molecule has 1 amide bonds. The number of aryl methyl sites for hydroxylation is 1. The number of likely N-dealkylation sites (tertiary alicyclic amines) is 1. The number of hydrogen-bond donors (Lipinski definition) is 0. The van der Waals surface area contributed by atoms with E-state index in [1.807, 2.05) is 4.90 Å². The van der Waals surface area contributed by atoms with Crippen molar-refractivity contribution < 1.29 is 9.21 Å². The molecule has 4 rings (SSSR count). The second-order valence-electron chi connectivity index (χ2n) is 6.53. The molecule has 1 aliphatic heterocycles. The van der Waals surface area contributed by atoms with E-state index in [0.29, 0.717) is 17.0 Å². The normalized spacial score (nSPS) is 22.5. The predicted octanol–water partition coefficient (Wildman–Crippen LogP) is 3.06. The Hall–Kier alpha value is -1.63. The van der Waals surface area contributed by atoms with Crippen LogP contribution in [0.2, 0.25) is 0 Å². The van der Waals surface area contributed by atoms with Crippen molar-refractivity contribution in [2.24, 2.45) is 5.41 Å². The maximum atomic E-state index is 12.7. The van der Waals surface area contributed by atoms with Gasteiger partial charge in [-0.1, -0.05) is 6.42 Å². The van der Waals surface area contributed by atoms with Crippen LogP contribution in [0.5, 0.6) is 0 Å². The molecule has 7 heteroatoms. The molecule has 1 saturated carbocycles. The summed E-state index contributed by atoms with van der Waals surface area (Å²) in [4.78, 5) is 14.6. The number of aromatic nitrogens is 3. The Bertz CT molecular complexity index is 734. The third kappa shape index (κ3) is 2.33. The Morgan fingerprint density at radius 2 is 2.30 bits per heavy atom. The average molecular weight is 379 g/mol. The van der Waals surface area contributed by atoms with E-state index in [9.17, 15) is 4.79 Å². The van der Waals surface area contributed by atoms with Gasteiger partial charge >= 0.3 is 0 Å². The van der Waals surface area contributed by atoms with E-state index in [4.69, 9.17) is 4.42 Å². The van der Waals surface area contributed by atoms with Crippen LogP contribution < -0.4 is 0 Å². The van der Waals surface area contributed by atoms with Crippen molar-refractivity contribution in [1.29, 1.82) is 0 Å². The molecule has 2 aromatic heterocycles. The number of halogens is 1. The third-order valence-electron chi connectivity index (χ3n) is 5.37. The topological polar surface area (TPSA) is 64.2 Å². The van der Waals surface area contributed by atoms with E-state index >= 15 is 0 Å². The van der Waals surface area contributed by atoms with Crippen LogP contribution in [0.1, 0.15) is 48.5 Å². The Kier molecular flexibility index (Phi) is 3.55. The van der Waals surface area contributed by atoms with E-state index in [2.05, 4.69) is 37.6 Å². The molecule has 0 radical (unpaired) electrons. The average Bonchev–Trinajstić information content (AvgIpc) is 3.22. The van der Waals surface area contributed by atoms with Gasteiger partial charge in [0.25, 0.3) is 5.91 Å². The molecular formula is C16H19BrN4O2. The Morgan fingerprint density at radius 1 is 1.48 bits per heavy atom. The van der Waals surface area contributed by atoms with Crippen LogP contribution in [0.25, 0.3) is 0 Å². The molecule has 6 nitrogen and oxygen atoms in total. The van der Waals surface area contributed by atoms with Crippen LogP contribution in [0.15, 0.2) is 27.5 Å². The molecule has 2 aromatic rings. The molecule has 0 N–H and O–H groups in total. The van der Waals surface area contributed by atoms with Gasteiger partial charge in [-0.2, -0.15) is 0 Å². The first-order chi connectivity index (χ1) is 11.1. The van der Waals surface area contributed by atoms with Crippen molar-refractivity contribution in [1.82, 2.24) is 19.7 Å². The molecule has 1 saturated heterocycles. The molecule has 2 fully saturated rings. The molecule has 1 unspecified atom stereocenters. The molecule has 1 atom stereocenters. The molecule has 3 heterocycles. The second kappa shape index (κ2) is 5.47. The molecule has 1 aliphatic carbocycles. The van der Waals surface area contributed by atoms with Crippen molar-refractivity contribution in [3.05, 3.63) is 34.7 Å². The van der Waals surface area contributed by atoms with Gasteiger partial charge in [-0.15, -0.1) is 10.2 Å². The summed E-state index contributed by atoms with van der Waals surface area (Å²) < 4.78 is 8.12. The first-order valence-corrected chi connectivity index (χ1v) is 8.84. The molecule has 23 heavy (non-hydrogen) atoms. The number of hydrogen-bond acceptors (Lipinski definition) is 4. The van der Waals surface area contributed by atoms with Crippen LogP contribution in [0, 0.1) is 5.41 Å². The molecular weight excluding hydrogens is 360 g/mol. The highest BCUT2D eigenvalue weighted by Gasteiger charge is 2.53. The van der Waals surface area contributed by atoms with E-state index in [-0.39, 0.29) is 17.2 Å². The van der Waals surface area contributed by atoms with Gasteiger partial charge in [-0.25, -0.2) is 0 Å². The summed E-state index contributed by atoms with van der Waals surface area (Å²) in [5.41, 5.74) is 0.166. The zero-order valence-electron chi connectivity index (χ0n) is 13.0. The number of carbonyl (C=O) groups is 1. The summed E-state index contributed by atoms with van der Waals surface area (Å²) in [5.74, 6) is 1.64. The number of amides is 1. The fourth-order valence-electron chi connectivity index (χ4n) is 3.98. The van der Waals surface area contributed by atoms with Gasteiger partial charge < -0.3 is 13.9 Å². The quantitative estimate of drug-likeness (QED) is 0.822. The number of carbonyl (C=O) groups excluding carboxylic acids is 1. The lowest BCUT2D eigenvalue weighted by atomic mass is 9.62. The second-order valence-corrected chi connectivity index (χ2v) is 7.31. The zero-order chi connectivity index (χ0) is 16.0. The number of rotatable bonds is 3. The smallest absolute Gasteiger partial charge is 0.289 e. The van der Waals surface area contributed by atoms with Crippen molar-refractivity contribution in [3.8, 4) is 0 Å². The van der Waals surface area contributed by atoms with Crippen LogP contribution in [0.4, 0.5) is 0 Å². The van der Waals surface area contributed by atoms with Crippen LogP contribution in [-0.4, -0.2) is 38.7 Å². The van der Waals surface area contributed by atoms with E-state index in [1.165, 1.54) is 6.42 Å². The van der Waals surface area contributed by atoms with E-state index in [0.717, 1.165) is 31.8 Å². The molecule has 1 spiro atoms. The monoisotopic (exact) mass is 378 g/mol. The van der Waals surface area contributed by atoms with Crippen molar-refractivity contribution >= 4 is 21.8 Å². The third-order valence-corrected chi connectivity index (χ3v) is 5.79. The standard InChI is InChI=1S/C16H19BrN4O2/c1-2-20-10-18-19-14(20)11-8-21(9-16(11)6-3-7-16)15(22)12-4-5-13(17)23-12/h4-5,10-11H,2-3,6-9H2,1H3. The highest BCUT2D eigenvalue weighted by molar-refractivity contribution is 9.10. The lowest BCUT2D eigenvalue weighted by Gasteiger charge is -2.42. The number of furan rings is 1. The minimum Gasteiger partial charge on any atom is -0.444 e. The highest BCUT2D eigenvalue weighted by Crippen LogP contribution is 2.55. The number of nitrogens with zero attached hydrogens (tertiary/aromatic N) is 4.